The van der Waals surface area contributed by atoms with Gasteiger partial charge in [0.15, 0.2) is 0 Å². The Hall–Kier alpha value is -1.68. The summed E-state index contributed by atoms with van der Waals surface area (Å²) in [6.07, 6.45) is 4.73. The van der Waals surface area contributed by atoms with Crippen molar-refractivity contribution < 1.29 is 0 Å². The molecule has 2 aromatic heterocycles. The lowest BCUT2D eigenvalue weighted by atomic mass is 10.1. The standard InChI is InChI=1S/C14H20N4/c1-3-12-6-5-8-16-14(12)11-15-10-13-7-9-17-18(13)4-2/h5-9,15H,3-4,10-11H2,1-2H3. The van der Waals surface area contributed by atoms with Gasteiger partial charge in [0.1, 0.15) is 0 Å². The van der Waals surface area contributed by atoms with Crippen molar-refractivity contribution in [3.8, 4) is 0 Å². The minimum atomic E-state index is 0.804. The zero-order valence-corrected chi connectivity index (χ0v) is 11.1. The van der Waals surface area contributed by atoms with Crippen molar-refractivity contribution in [2.24, 2.45) is 0 Å². The predicted molar refractivity (Wildman–Crippen MR) is 72.1 cm³/mol. The van der Waals surface area contributed by atoms with E-state index in [2.05, 4.69) is 41.4 Å². The van der Waals surface area contributed by atoms with E-state index < -0.39 is 0 Å². The predicted octanol–water partition coefficient (Wildman–Crippen LogP) is 2.15. The molecule has 0 aliphatic rings. The Labute approximate surface area is 108 Å². The normalized spacial score (nSPS) is 10.8. The summed E-state index contributed by atoms with van der Waals surface area (Å²) < 4.78 is 2.01. The highest BCUT2D eigenvalue weighted by atomic mass is 15.3. The van der Waals surface area contributed by atoms with Crippen LogP contribution in [0.4, 0.5) is 0 Å². The third-order valence-electron chi connectivity index (χ3n) is 3.07. The topological polar surface area (TPSA) is 42.7 Å². The molecule has 1 N–H and O–H groups in total. The summed E-state index contributed by atoms with van der Waals surface area (Å²) >= 11 is 0. The van der Waals surface area contributed by atoms with Gasteiger partial charge in [-0.2, -0.15) is 5.10 Å². The highest BCUT2D eigenvalue weighted by Crippen LogP contribution is 2.06. The van der Waals surface area contributed by atoms with Gasteiger partial charge in [0.05, 0.1) is 11.4 Å². The van der Waals surface area contributed by atoms with E-state index in [1.807, 2.05) is 23.1 Å². The van der Waals surface area contributed by atoms with E-state index in [9.17, 15) is 0 Å². The van der Waals surface area contributed by atoms with Gasteiger partial charge in [-0.05, 0) is 31.0 Å². The van der Waals surface area contributed by atoms with E-state index in [0.717, 1.165) is 31.7 Å². The Morgan fingerprint density at radius 3 is 2.83 bits per heavy atom. The summed E-state index contributed by atoms with van der Waals surface area (Å²) in [7, 11) is 0. The van der Waals surface area contributed by atoms with E-state index in [1.165, 1.54) is 11.3 Å². The smallest absolute Gasteiger partial charge is 0.0573 e. The van der Waals surface area contributed by atoms with Crippen LogP contribution in [0, 0.1) is 0 Å². The Kier molecular flexibility index (Phi) is 4.47. The lowest BCUT2D eigenvalue weighted by Gasteiger charge is -2.09. The van der Waals surface area contributed by atoms with Crippen molar-refractivity contribution >= 4 is 0 Å². The molecule has 18 heavy (non-hydrogen) atoms. The number of hydrogen-bond acceptors (Lipinski definition) is 3. The molecule has 0 atom stereocenters. The van der Waals surface area contributed by atoms with E-state index in [-0.39, 0.29) is 0 Å². The first-order chi connectivity index (χ1) is 8.85. The fourth-order valence-corrected chi connectivity index (χ4v) is 2.06. The van der Waals surface area contributed by atoms with E-state index in [4.69, 9.17) is 0 Å². The number of aromatic nitrogens is 3. The second kappa shape index (κ2) is 6.31. The van der Waals surface area contributed by atoms with Gasteiger partial charge in [-0.25, -0.2) is 0 Å². The minimum Gasteiger partial charge on any atom is -0.306 e. The monoisotopic (exact) mass is 244 g/mol. The zero-order valence-electron chi connectivity index (χ0n) is 11.1. The maximum Gasteiger partial charge on any atom is 0.0573 e. The molecule has 4 nitrogen and oxygen atoms in total. The van der Waals surface area contributed by atoms with Crippen LogP contribution in [0.2, 0.25) is 0 Å². The fraction of sp³-hybridized carbons (Fsp3) is 0.429. The van der Waals surface area contributed by atoms with Crippen LogP contribution in [-0.2, 0) is 26.1 Å². The molecule has 0 aliphatic carbocycles. The summed E-state index contributed by atoms with van der Waals surface area (Å²) in [5.41, 5.74) is 3.67. The lowest BCUT2D eigenvalue weighted by molar-refractivity contribution is 0.577. The molecule has 0 saturated carbocycles. The Balaban J connectivity index is 1.92. The molecule has 0 spiro atoms. The van der Waals surface area contributed by atoms with Gasteiger partial charge in [0.25, 0.3) is 0 Å². The third kappa shape index (κ3) is 2.96. The number of pyridine rings is 1. The summed E-state index contributed by atoms with van der Waals surface area (Å²) in [6.45, 7) is 6.80. The van der Waals surface area contributed by atoms with Crippen LogP contribution in [0.3, 0.4) is 0 Å². The minimum absolute atomic E-state index is 0.804. The highest BCUT2D eigenvalue weighted by molar-refractivity contribution is 5.19. The molecule has 0 aromatic carbocycles. The van der Waals surface area contributed by atoms with Gasteiger partial charge in [-0.15, -0.1) is 0 Å². The molecule has 0 fully saturated rings. The molecule has 0 aliphatic heterocycles. The second-order valence-electron chi connectivity index (χ2n) is 4.20. The second-order valence-corrected chi connectivity index (χ2v) is 4.20. The van der Waals surface area contributed by atoms with Gasteiger partial charge in [-0.3, -0.25) is 9.67 Å². The number of nitrogens with zero attached hydrogens (tertiary/aromatic N) is 3. The van der Waals surface area contributed by atoms with Gasteiger partial charge < -0.3 is 5.32 Å². The van der Waals surface area contributed by atoms with Crippen molar-refractivity contribution in [1.29, 1.82) is 0 Å². The van der Waals surface area contributed by atoms with Gasteiger partial charge in [0, 0.05) is 32.0 Å². The number of hydrogen-bond donors (Lipinski definition) is 1. The Morgan fingerprint density at radius 1 is 1.17 bits per heavy atom. The molecular formula is C14H20N4. The number of aryl methyl sites for hydroxylation is 2. The zero-order chi connectivity index (χ0) is 12.8. The molecule has 0 radical (unpaired) electrons. The maximum absolute atomic E-state index is 4.43. The third-order valence-corrected chi connectivity index (χ3v) is 3.07. The van der Waals surface area contributed by atoms with Crippen LogP contribution in [0.5, 0.6) is 0 Å². The van der Waals surface area contributed by atoms with E-state index in [0.29, 0.717) is 0 Å². The average Bonchev–Trinajstić information content (AvgIpc) is 2.87. The number of rotatable bonds is 6. The van der Waals surface area contributed by atoms with E-state index in [1.54, 1.807) is 0 Å². The molecule has 0 unspecified atom stereocenters. The summed E-state index contributed by atoms with van der Waals surface area (Å²) in [6, 6.07) is 6.18. The average molecular weight is 244 g/mol. The summed E-state index contributed by atoms with van der Waals surface area (Å²) in [5.74, 6) is 0. The van der Waals surface area contributed by atoms with Crippen molar-refractivity contribution in [1.82, 2.24) is 20.1 Å². The van der Waals surface area contributed by atoms with Gasteiger partial charge >= 0.3 is 0 Å². The van der Waals surface area contributed by atoms with Crippen LogP contribution in [0.25, 0.3) is 0 Å². The van der Waals surface area contributed by atoms with Crippen LogP contribution < -0.4 is 5.32 Å². The molecular weight excluding hydrogens is 224 g/mol. The van der Waals surface area contributed by atoms with Gasteiger partial charge in [-0.1, -0.05) is 13.0 Å². The van der Waals surface area contributed by atoms with Crippen LogP contribution in [0.15, 0.2) is 30.6 Å². The molecule has 2 aromatic rings. The summed E-state index contributed by atoms with van der Waals surface area (Å²) in [4.78, 5) is 4.43. The molecule has 2 rings (SSSR count). The van der Waals surface area contributed by atoms with Crippen LogP contribution in [0.1, 0.15) is 30.8 Å². The molecule has 0 bridgehead atoms. The first-order valence-corrected chi connectivity index (χ1v) is 6.49. The highest BCUT2D eigenvalue weighted by Gasteiger charge is 2.03. The SMILES string of the molecule is CCc1cccnc1CNCc1ccnn1CC. The molecule has 4 heteroatoms. The van der Waals surface area contributed by atoms with Crippen LogP contribution in [-0.4, -0.2) is 14.8 Å². The first kappa shape index (κ1) is 12.8. The Morgan fingerprint density at radius 2 is 2.06 bits per heavy atom. The summed E-state index contributed by atoms with van der Waals surface area (Å²) in [5, 5.41) is 7.69. The quantitative estimate of drug-likeness (QED) is 0.846. The molecule has 2 heterocycles. The molecule has 0 amide bonds. The van der Waals surface area contributed by atoms with Crippen molar-refractivity contribution in [3.05, 3.63) is 47.5 Å². The van der Waals surface area contributed by atoms with Crippen LogP contribution >= 0.6 is 0 Å². The van der Waals surface area contributed by atoms with Gasteiger partial charge in [0.2, 0.25) is 0 Å². The fourth-order valence-electron chi connectivity index (χ4n) is 2.06. The molecule has 96 valence electrons. The Bertz CT molecular complexity index is 490. The van der Waals surface area contributed by atoms with Crippen molar-refractivity contribution in [2.75, 3.05) is 0 Å². The number of nitrogens with one attached hydrogen (secondary N) is 1. The van der Waals surface area contributed by atoms with Crippen molar-refractivity contribution in [3.63, 3.8) is 0 Å². The first-order valence-electron chi connectivity index (χ1n) is 6.49. The largest absolute Gasteiger partial charge is 0.306 e. The maximum atomic E-state index is 4.43. The molecule has 0 saturated heterocycles. The van der Waals surface area contributed by atoms with Crippen molar-refractivity contribution in [2.45, 2.75) is 39.9 Å². The van der Waals surface area contributed by atoms with E-state index >= 15 is 0 Å². The lowest BCUT2D eigenvalue weighted by Crippen LogP contribution is -2.17.